The highest BCUT2D eigenvalue weighted by molar-refractivity contribution is 6.73. The second kappa shape index (κ2) is 3.74. The van der Waals surface area contributed by atoms with Crippen molar-refractivity contribution < 1.29 is 12.9 Å². The van der Waals surface area contributed by atoms with E-state index in [0.29, 0.717) is 10.6 Å². The Kier molecular flexibility index (Phi) is 3.10. The lowest BCUT2D eigenvalue weighted by Crippen LogP contribution is -2.35. The van der Waals surface area contributed by atoms with Crippen LogP contribution in [0.4, 0.5) is 12.9 Å². The van der Waals surface area contributed by atoms with Gasteiger partial charge in [0, 0.05) is 5.02 Å². The van der Waals surface area contributed by atoms with Gasteiger partial charge in [0.15, 0.2) is 0 Å². The lowest BCUT2D eigenvalue weighted by atomic mass is 9.76. The Bertz CT molecular complexity index is 366. The minimum absolute atomic E-state index is 0.381. The maximum atomic E-state index is 12.5. The van der Waals surface area contributed by atoms with Crippen molar-refractivity contribution in [3.8, 4) is 0 Å². The van der Waals surface area contributed by atoms with Crippen LogP contribution in [0.1, 0.15) is 26.3 Å². The first-order valence-corrected chi connectivity index (χ1v) is 5.00. The molecule has 1 aromatic rings. The van der Waals surface area contributed by atoms with E-state index in [1.165, 1.54) is 6.07 Å². The van der Waals surface area contributed by atoms with Gasteiger partial charge in [-0.2, -0.15) is 0 Å². The average Bonchev–Trinajstić information content (AvgIpc) is 2.00. The Morgan fingerprint density at radius 2 is 1.67 bits per heavy atom. The smallest absolute Gasteiger partial charge is 0.445 e. The SMILES string of the molecule is CC(C)(C)c1cc([B-](F)(F)F)ccc1Cl. The highest BCUT2D eigenvalue weighted by Crippen LogP contribution is 2.29. The van der Waals surface area contributed by atoms with Crippen molar-refractivity contribution in [2.24, 2.45) is 0 Å². The maximum absolute atomic E-state index is 12.5. The molecule has 0 radical (unpaired) electrons. The summed E-state index contributed by atoms with van der Waals surface area (Å²) >= 11 is 5.87. The van der Waals surface area contributed by atoms with Gasteiger partial charge in [-0.25, -0.2) is 0 Å². The molecular formula is C10H12BClF3-. The van der Waals surface area contributed by atoms with E-state index >= 15 is 0 Å². The number of benzene rings is 1. The van der Waals surface area contributed by atoms with Crippen LogP contribution in [0.2, 0.25) is 5.02 Å². The summed E-state index contributed by atoms with van der Waals surface area (Å²) in [6, 6.07) is 3.48. The molecule has 0 heterocycles. The van der Waals surface area contributed by atoms with Gasteiger partial charge in [-0.1, -0.05) is 44.5 Å². The van der Waals surface area contributed by atoms with Crippen LogP contribution in [0.15, 0.2) is 18.2 Å². The third-order valence-electron chi connectivity index (χ3n) is 2.18. The number of hydrogen-bond donors (Lipinski definition) is 0. The molecule has 0 saturated heterocycles. The summed E-state index contributed by atoms with van der Waals surface area (Å²) in [6.07, 6.45) is 0. The second-order valence-corrected chi connectivity index (χ2v) is 4.97. The predicted molar refractivity (Wildman–Crippen MR) is 58.9 cm³/mol. The van der Waals surface area contributed by atoms with Gasteiger partial charge in [-0.15, -0.1) is 5.46 Å². The lowest BCUT2D eigenvalue weighted by Gasteiger charge is -2.24. The van der Waals surface area contributed by atoms with Crippen LogP contribution in [0.25, 0.3) is 0 Å². The zero-order valence-electron chi connectivity index (χ0n) is 8.82. The number of hydrogen-bond acceptors (Lipinski definition) is 0. The van der Waals surface area contributed by atoms with Crippen molar-refractivity contribution in [1.29, 1.82) is 0 Å². The van der Waals surface area contributed by atoms with Crippen LogP contribution in [0.3, 0.4) is 0 Å². The molecule has 0 N–H and O–H groups in total. The maximum Gasteiger partial charge on any atom is 0.509 e. The van der Waals surface area contributed by atoms with Gasteiger partial charge in [-0.3, -0.25) is 0 Å². The summed E-state index contributed by atoms with van der Waals surface area (Å²) in [5.74, 6) is 0. The van der Waals surface area contributed by atoms with E-state index in [0.717, 1.165) is 12.1 Å². The molecule has 5 heteroatoms. The Labute approximate surface area is 92.5 Å². The molecular weight excluding hydrogens is 223 g/mol. The largest absolute Gasteiger partial charge is 0.509 e. The minimum Gasteiger partial charge on any atom is -0.445 e. The summed E-state index contributed by atoms with van der Waals surface area (Å²) in [5, 5.41) is 0.381. The molecule has 0 spiro atoms. The monoisotopic (exact) mass is 235 g/mol. The zero-order valence-corrected chi connectivity index (χ0v) is 9.58. The first-order chi connectivity index (χ1) is 6.62. The summed E-state index contributed by atoms with van der Waals surface area (Å²) in [5.41, 5.74) is -0.445. The summed E-state index contributed by atoms with van der Waals surface area (Å²) in [6.45, 7) is 0.555. The van der Waals surface area contributed by atoms with Crippen LogP contribution in [-0.2, 0) is 5.41 Å². The molecule has 0 atom stereocenters. The Morgan fingerprint density at radius 1 is 1.13 bits per heavy atom. The van der Waals surface area contributed by atoms with E-state index in [-0.39, 0.29) is 5.41 Å². The highest BCUT2D eigenvalue weighted by atomic mass is 35.5. The second-order valence-electron chi connectivity index (χ2n) is 4.56. The standard InChI is InChI=1S/C10H12BClF3/c1-10(2,3)8-6-7(11(13,14)15)4-5-9(8)12/h4-6H,1-3H3/q-1. The van der Waals surface area contributed by atoms with Crippen molar-refractivity contribution >= 4 is 24.0 Å². The van der Waals surface area contributed by atoms with E-state index in [1.54, 1.807) is 0 Å². The van der Waals surface area contributed by atoms with Gasteiger partial charge in [0.2, 0.25) is 0 Å². The van der Waals surface area contributed by atoms with Gasteiger partial charge < -0.3 is 12.9 Å². The van der Waals surface area contributed by atoms with Gasteiger partial charge >= 0.3 is 6.98 Å². The van der Waals surface area contributed by atoms with Crippen LogP contribution in [0, 0.1) is 0 Å². The molecule has 0 aliphatic heterocycles. The van der Waals surface area contributed by atoms with E-state index in [9.17, 15) is 12.9 Å². The van der Waals surface area contributed by atoms with Crippen molar-refractivity contribution in [2.75, 3.05) is 0 Å². The molecule has 0 fully saturated rings. The zero-order chi connectivity index (χ0) is 11.9. The van der Waals surface area contributed by atoms with Crippen molar-refractivity contribution in [1.82, 2.24) is 0 Å². The van der Waals surface area contributed by atoms with Gasteiger partial charge in [0.1, 0.15) is 0 Å². The molecule has 84 valence electrons. The molecule has 0 nitrogen and oxygen atoms in total. The van der Waals surface area contributed by atoms with Crippen molar-refractivity contribution in [3.63, 3.8) is 0 Å². The molecule has 0 saturated carbocycles. The summed E-state index contributed by atoms with van der Waals surface area (Å²) in [4.78, 5) is 0. The molecule has 1 aromatic carbocycles. The fourth-order valence-electron chi connectivity index (χ4n) is 1.32. The fraction of sp³-hybridized carbons (Fsp3) is 0.400. The minimum atomic E-state index is -4.95. The summed E-state index contributed by atoms with van der Waals surface area (Å²) < 4.78 is 37.5. The van der Waals surface area contributed by atoms with Gasteiger partial charge in [-0.05, 0) is 17.0 Å². The van der Waals surface area contributed by atoms with E-state index in [1.807, 2.05) is 20.8 Å². The molecule has 1 rings (SSSR count). The summed E-state index contributed by atoms with van der Waals surface area (Å²) in [7, 11) is 0. The number of halogens is 4. The molecule has 0 amide bonds. The third-order valence-corrected chi connectivity index (χ3v) is 2.51. The van der Waals surface area contributed by atoms with Gasteiger partial charge in [0.25, 0.3) is 0 Å². The Morgan fingerprint density at radius 3 is 2.07 bits per heavy atom. The molecule has 0 aliphatic rings. The highest BCUT2D eigenvalue weighted by Gasteiger charge is 2.27. The van der Waals surface area contributed by atoms with Gasteiger partial charge in [0.05, 0.1) is 0 Å². The quantitative estimate of drug-likeness (QED) is 0.651. The Balaban J connectivity index is 3.30. The topological polar surface area (TPSA) is 0 Å². The lowest BCUT2D eigenvalue weighted by molar-refractivity contribution is 0.500. The normalized spacial score (nSPS) is 13.0. The van der Waals surface area contributed by atoms with Crippen molar-refractivity contribution in [2.45, 2.75) is 26.2 Å². The van der Waals surface area contributed by atoms with E-state index < -0.39 is 12.4 Å². The molecule has 0 aromatic heterocycles. The molecule has 0 aliphatic carbocycles. The van der Waals surface area contributed by atoms with E-state index in [4.69, 9.17) is 11.6 Å². The third kappa shape index (κ3) is 2.91. The first kappa shape index (κ1) is 12.4. The Hall–Kier alpha value is -0.635. The molecule has 0 bridgehead atoms. The van der Waals surface area contributed by atoms with Crippen molar-refractivity contribution in [3.05, 3.63) is 28.8 Å². The van der Waals surface area contributed by atoms with Crippen LogP contribution in [0.5, 0.6) is 0 Å². The molecule has 0 unspecified atom stereocenters. The average molecular weight is 235 g/mol. The molecule has 15 heavy (non-hydrogen) atoms. The fourth-order valence-corrected chi connectivity index (χ4v) is 1.72. The predicted octanol–water partition coefficient (Wildman–Crippen LogP) is 3.69. The first-order valence-electron chi connectivity index (χ1n) is 4.62. The van der Waals surface area contributed by atoms with Crippen LogP contribution in [-0.4, -0.2) is 6.98 Å². The van der Waals surface area contributed by atoms with E-state index in [2.05, 4.69) is 0 Å². The van der Waals surface area contributed by atoms with Crippen LogP contribution < -0.4 is 5.46 Å². The van der Waals surface area contributed by atoms with Crippen LogP contribution >= 0.6 is 11.6 Å². The number of rotatable bonds is 1.